The van der Waals surface area contributed by atoms with Crippen LogP contribution in [-0.2, 0) is 9.59 Å². The van der Waals surface area contributed by atoms with Gasteiger partial charge < -0.3 is 10.6 Å². The van der Waals surface area contributed by atoms with Crippen molar-refractivity contribution in [1.29, 1.82) is 5.26 Å². The molecule has 0 spiro atoms. The van der Waals surface area contributed by atoms with Crippen LogP contribution in [0.1, 0.15) is 32.8 Å². The minimum Gasteiger partial charge on any atom is -0.350 e. The third-order valence-electron chi connectivity index (χ3n) is 5.00. The largest absolute Gasteiger partial charge is 0.350 e. The maximum atomic E-state index is 13.4. The van der Waals surface area contributed by atoms with E-state index in [9.17, 15) is 14.0 Å². The molecule has 3 heterocycles. The summed E-state index contributed by atoms with van der Waals surface area (Å²) in [6.07, 6.45) is 1.03. The molecule has 2 bridgehead atoms. The van der Waals surface area contributed by atoms with Crippen LogP contribution in [0.15, 0.2) is 18.2 Å². The molecule has 0 aromatic heterocycles. The van der Waals surface area contributed by atoms with Gasteiger partial charge in [0.2, 0.25) is 11.8 Å². The molecule has 150 valence electrons. The third-order valence-corrected chi connectivity index (χ3v) is 5.00. The predicted molar refractivity (Wildman–Crippen MR) is 103 cm³/mol. The van der Waals surface area contributed by atoms with Crippen molar-refractivity contribution in [3.8, 4) is 6.07 Å². The van der Waals surface area contributed by atoms with Crippen LogP contribution < -0.4 is 10.6 Å². The van der Waals surface area contributed by atoms with Crippen LogP contribution in [0.2, 0.25) is 0 Å². The molecule has 2 unspecified atom stereocenters. The fraction of sp³-hybridized carbons (Fsp3) is 0.550. The summed E-state index contributed by atoms with van der Waals surface area (Å²) in [5.41, 5.74) is 0.169. The maximum absolute atomic E-state index is 13.4. The minimum atomic E-state index is -0.502. The smallest absolute Gasteiger partial charge is 0.238 e. The third kappa shape index (κ3) is 4.86. The number of hydrogen-bond donors (Lipinski definition) is 2. The van der Waals surface area contributed by atoms with Crippen molar-refractivity contribution >= 4 is 17.5 Å². The number of nitrogens with one attached hydrogen (secondary N) is 2. The van der Waals surface area contributed by atoms with Gasteiger partial charge in [-0.05, 0) is 45.4 Å². The molecule has 1 aromatic carbocycles. The molecular weight excluding hydrogens is 361 g/mol. The minimum absolute atomic E-state index is 0.0172. The Morgan fingerprint density at radius 3 is 2.50 bits per heavy atom. The van der Waals surface area contributed by atoms with E-state index in [0.717, 1.165) is 12.5 Å². The van der Waals surface area contributed by atoms with Gasteiger partial charge in [0.1, 0.15) is 11.9 Å². The van der Waals surface area contributed by atoms with Crippen molar-refractivity contribution in [3.63, 3.8) is 0 Å². The van der Waals surface area contributed by atoms with Crippen LogP contribution in [0.4, 0.5) is 10.1 Å². The Morgan fingerprint density at radius 1 is 1.21 bits per heavy atom. The molecule has 4 rings (SSSR count). The molecule has 2 N–H and O–H groups in total. The van der Waals surface area contributed by atoms with E-state index in [1.165, 1.54) is 12.1 Å². The first-order valence-corrected chi connectivity index (χ1v) is 9.43. The Kier molecular flexibility index (Phi) is 5.68. The van der Waals surface area contributed by atoms with Crippen molar-refractivity contribution in [2.75, 3.05) is 31.5 Å². The lowest BCUT2D eigenvalue weighted by Gasteiger charge is -2.56. The van der Waals surface area contributed by atoms with E-state index in [4.69, 9.17) is 5.26 Å². The van der Waals surface area contributed by atoms with Gasteiger partial charge in [0.15, 0.2) is 0 Å². The molecule has 3 saturated heterocycles. The zero-order chi connectivity index (χ0) is 20.5. The molecule has 3 aliphatic rings. The van der Waals surface area contributed by atoms with Crippen molar-refractivity contribution in [2.24, 2.45) is 0 Å². The van der Waals surface area contributed by atoms with Crippen LogP contribution in [0.5, 0.6) is 0 Å². The quantitative estimate of drug-likeness (QED) is 0.795. The number of carbonyl (C=O) groups is 2. The zero-order valence-electron chi connectivity index (χ0n) is 16.5. The Labute approximate surface area is 164 Å². The van der Waals surface area contributed by atoms with Gasteiger partial charge in [0.05, 0.1) is 24.3 Å². The highest BCUT2D eigenvalue weighted by Gasteiger charge is 2.45. The molecule has 7 nitrogen and oxygen atoms in total. The lowest BCUT2D eigenvalue weighted by atomic mass is 9.87. The summed E-state index contributed by atoms with van der Waals surface area (Å²) < 4.78 is 13.4. The molecule has 3 aliphatic heterocycles. The number of piperazine rings is 1. The predicted octanol–water partition coefficient (Wildman–Crippen LogP) is 1.31. The first-order chi connectivity index (χ1) is 13.1. The van der Waals surface area contributed by atoms with Gasteiger partial charge in [-0.15, -0.1) is 0 Å². The number of halogens is 1. The van der Waals surface area contributed by atoms with E-state index in [1.807, 2.05) is 31.7 Å². The van der Waals surface area contributed by atoms with Crippen LogP contribution in [0.25, 0.3) is 0 Å². The molecule has 2 amide bonds. The summed E-state index contributed by atoms with van der Waals surface area (Å²) in [4.78, 5) is 28.7. The average Bonchev–Trinajstić information content (AvgIpc) is 2.58. The molecule has 2 atom stereocenters. The van der Waals surface area contributed by atoms with Gasteiger partial charge in [-0.2, -0.15) is 5.26 Å². The van der Waals surface area contributed by atoms with Crippen LogP contribution in [0, 0.1) is 17.1 Å². The summed E-state index contributed by atoms with van der Waals surface area (Å²) in [5, 5.41) is 14.7. The van der Waals surface area contributed by atoms with Gasteiger partial charge in [-0.25, -0.2) is 4.39 Å². The van der Waals surface area contributed by atoms with Crippen LogP contribution in [-0.4, -0.2) is 65.4 Å². The fourth-order valence-electron chi connectivity index (χ4n) is 3.90. The molecule has 8 heteroatoms. The molecule has 0 saturated carbocycles. The second-order valence-electron chi connectivity index (χ2n) is 8.56. The van der Waals surface area contributed by atoms with Crippen LogP contribution >= 0.6 is 0 Å². The molecule has 1 aromatic rings. The molecule has 3 fully saturated rings. The summed E-state index contributed by atoms with van der Waals surface area (Å²) in [6, 6.07) is 6.17. The summed E-state index contributed by atoms with van der Waals surface area (Å²) in [7, 11) is 0. The first-order valence-electron chi connectivity index (χ1n) is 9.43. The summed E-state index contributed by atoms with van der Waals surface area (Å²) >= 11 is 0. The number of carbonyl (C=O) groups excluding carboxylic acids is 2. The van der Waals surface area contributed by atoms with Crippen molar-refractivity contribution in [3.05, 3.63) is 29.6 Å². The van der Waals surface area contributed by atoms with Crippen molar-refractivity contribution in [2.45, 2.75) is 44.8 Å². The molecule has 0 aliphatic carbocycles. The van der Waals surface area contributed by atoms with Crippen LogP contribution in [0.3, 0.4) is 0 Å². The Balaban J connectivity index is 1.50. The van der Waals surface area contributed by atoms with E-state index in [0.29, 0.717) is 19.6 Å². The number of fused-ring (bicyclic) bond motifs is 2. The van der Waals surface area contributed by atoms with Gasteiger partial charge in [-0.1, -0.05) is 0 Å². The van der Waals surface area contributed by atoms with E-state index in [-0.39, 0.29) is 47.2 Å². The number of rotatable bonds is 5. The van der Waals surface area contributed by atoms with E-state index in [1.54, 1.807) is 0 Å². The Morgan fingerprint density at radius 2 is 1.89 bits per heavy atom. The highest BCUT2D eigenvalue weighted by atomic mass is 19.1. The lowest BCUT2D eigenvalue weighted by Crippen LogP contribution is -2.70. The molecule has 0 radical (unpaired) electrons. The fourth-order valence-corrected chi connectivity index (χ4v) is 3.90. The first kappa shape index (κ1) is 20.2. The van der Waals surface area contributed by atoms with Gasteiger partial charge >= 0.3 is 0 Å². The Bertz CT molecular complexity index is 802. The number of piperidine rings is 1. The number of nitrogens with zero attached hydrogens (tertiary/aromatic N) is 3. The van der Waals surface area contributed by atoms with Crippen molar-refractivity contribution < 1.29 is 14.0 Å². The van der Waals surface area contributed by atoms with Gasteiger partial charge in [0.25, 0.3) is 0 Å². The van der Waals surface area contributed by atoms with Gasteiger partial charge in [0, 0.05) is 30.7 Å². The van der Waals surface area contributed by atoms with Crippen molar-refractivity contribution in [1.82, 2.24) is 15.1 Å². The number of hydrogen-bond acceptors (Lipinski definition) is 5. The molecular formula is C20H26FN5O2. The monoisotopic (exact) mass is 387 g/mol. The number of anilines is 1. The summed E-state index contributed by atoms with van der Waals surface area (Å²) in [5.74, 6) is -0.762. The lowest BCUT2D eigenvalue weighted by molar-refractivity contribution is -0.134. The topological polar surface area (TPSA) is 88.5 Å². The highest BCUT2D eigenvalue weighted by molar-refractivity contribution is 5.93. The van der Waals surface area contributed by atoms with E-state index >= 15 is 0 Å². The second kappa shape index (κ2) is 7.86. The maximum Gasteiger partial charge on any atom is 0.238 e. The number of nitriles is 1. The second-order valence-corrected chi connectivity index (χ2v) is 8.56. The zero-order valence-corrected chi connectivity index (χ0v) is 16.5. The van der Waals surface area contributed by atoms with E-state index < -0.39 is 5.82 Å². The number of amides is 2. The average molecular weight is 387 g/mol. The molecule has 28 heavy (non-hydrogen) atoms. The standard InChI is InChI=1S/C20H26FN5O2/c1-20(2,3)24-19(28)12-26-15-7-16(26)10-25(9-15)11-18(27)23-17-6-14(21)5-4-13(17)8-22/h4-6,15-16H,7,9-12H2,1-3H3,(H,23,27)(H,24,28). The van der Waals surface area contributed by atoms with E-state index in [2.05, 4.69) is 15.5 Å². The Hall–Kier alpha value is -2.50. The normalized spacial score (nSPS) is 22.1. The highest BCUT2D eigenvalue weighted by Crippen LogP contribution is 2.31. The van der Waals surface area contributed by atoms with Gasteiger partial charge in [-0.3, -0.25) is 19.4 Å². The SMILES string of the molecule is CC(C)(C)NC(=O)CN1C2CC1CN(CC(=O)Nc1cc(F)ccc1C#N)C2. The number of benzene rings is 1. The summed E-state index contributed by atoms with van der Waals surface area (Å²) in [6.45, 7) is 7.84.